The summed E-state index contributed by atoms with van der Waals surface area (Å²) in [6.45, 7) is 4.66. The summed E-state index contributed by atoms with van der Waals surface area (Å²) in [6, 6.07) is 5.89. The minimum Gasteiger partial charge on any atom is -0.482 e. The third kappa shape index (κ3) is 5.45. The lowest BCUT2D eigenvalue weighted by atomic mass is 10.1. The molecule has 0 unspecified atom stereocenters. The lowest BCUT2D eigenvalue weighted by Crippen LogP contribution is -2.22. The highest BCUT2D eigenvalue weighted by atomic mass is 16.5. The fourth-order valence-corrected chi connectivity index (χ4v) is 2.41. The lowest BCUT2D eigenvalue weighted by Gasteiger charge is -2.20. The number of anilines is 1. The molecular weight excluding hydrogens is 304 g/mol. The fourth-order valence-electron chi connectivity index (χ4n) is 2.41. The Morgan fingerprint density at radius 1 is 1.21 bits per heavy atom. The average molecular weight is 330 g/mol. The number of aliphatic hydroxyl groups excluding tert-OH is 1. The summed E-state index contributed by atoms with van der Waals surface area (Å²) in [5.41, 5.74) is 0.850. The van der Waals surface area contributed by atoms with Gasteiger partial charge in [-0.05, 0) is 25.0 Å². The molecule has 0 fully saturated rings. The van der Waals surface area contributed by atoms with Gasteiger partial charge in [0.25, 0.3) is 0 Å². The Bertz CT molecular complexity index is 601. The number of ether oxygens (including phenoxy) is 1. The standard InChI is InChI=1S/C18H26N4O2/c1-3-7-14(9-11-23)21-18-16(12-20-17(4-2)22-18)24-13-15-8-5-6-10-19-15/h5-6,8,10,12,14,23H,3-4,7,9,11,13H2,1-2H3,(H,20,21,22)/t14-/m0/s1. The minimum absolute atomic E-state index is 0.146. The van der Waals surface area contributed by atoms with Crippen LogP contribution in [0.2, 0.25) is 0 Å². The van der Waals surface area contributed by atoms with Gasteiger partial charge < -0.3 is 15.2 Å². The van der Waals surface area contributed by atoms with E-state index in [1.807, 2.05) is 25.1 Å². The van der Waals surface area contributed by atoms with Crippen molar-refractivity contribution in [2.24, 2.45) is 0 Å². The molecule has 2 aromatic rings. The van der Waals surface area contributed by atoms with E-state index >= 15 is 0 Å². The van der Waals surface area contributed by atoms with Crippen molar-refractivity contribution in [3.63, 3.8) is 0 Å². The van der Waals surface area contributed by atoms with Crippen molar-refractivity contribution in [2.75, 3.05) is 11.9 Å². The molecule has 2 aromatic heterocycles. The summed E-state index contributed by atoms with van der Waals surface area (Å²) in [6.07, 6.45) is 6.89. The van der Waals surface area contributed by atoms with Crippen molar-refractivity contribution < 1.29 is 9.84 Å². The van der Waals surface area contributed by atoms with Gasteiger partial charge in [0.15, 0.2) is 11.6 Å². The molecule has 0 radical (unpaired) electrons. The summed E-state index contributed by atoms with van der Waals surface area (Å²) in [5, 5.41) is 12.7. The van der Waals surface area contributed by atoms with Crippen LogP contribution in [0.25, 0.3) is 0 Å². The van der Waals surface area contributed by atoms with Crippen molar-refractivity contribution >= 4 is 5.82 Å². The van der Waals surface area contributed by atoms with Crippen molar-refractivity contribution in [3.8, 4) is 5.75 Å². The second-order valence-corrected chi connectivity index (χ2v) is 5.60. The maximum absolute atomic E-state index is 9.25. The number of aromatic nitrogens is 3. The van der Waals surface area contributed by atoms with E-state index in [9.17, 15) is 5.11 Å². The molecule has 2 rings (SSSR count). The fraction of sp³-hybridized carbons (Fsp3) is 0.500. The van der Waals surface area contributed by atoms with E-state index in [0.29, 0.717) is 24.6 Å². The first-order valence-corrected chi connectivity index (χ1v) is 8.52. The van der Waals surface area contributed by atoms with Gasteiger partial charge in [-0.1, -0.05) is 26.3 Å². The number of aryl methyl sites for hydroxylation is 1. The maximum atomic E-state index is 9.25. The molecule has 6 heteroatoms. The summed E-state index contributed by atoms with van der Waals surface area (Å²) >= 11 is 0. The highest BCUT2D eigenvalue weighted by Gasteiger charge is 2.14. The van der Waals surface area contributed by atoms with E-state index < -0.39 is 0 Å². The van der Waals surface area contributed by atoms with Crippen LogP contribution in [-0.2, 0) is 13.0 Å². The van der Waals surface area contributed by atoms with Crippen LogP contribution in [0.15, 0.2) is 30.6 Å². The molecule has 24 heavy (non-hydrogen) atoms. The van der Waals surface area contributed by atoms with E-state index in [2.05, 4.69) is 27.2 Å². The highest BCUT2D eigenvalue weighted by Crippen LogP contribution is 2.24. The minimum atomic E-state index is 0.146. The number of rotatable bonds is 10. The molecule has 2 heterocycles. The van der Waals surface area contributed by atoms with Crippen molar-refractivity contribution in [1.29, 1.82) is 0 Å². The Morgan fingerprint density at radius 3 is 2.75 bits per heavy atom. The number of pyridine rings is 1. The Balaban J connectivity index is 2.13. The molecule has 130 valence electrons. The van der Waals surface area contributed by atoms with Crippen LogP contribution in [-0.4, -0.2) is 32.7 Å². The lowest BCUT2D eigenvalue weighted by molar-refractivity contribution is 0.275. The highest BCUT2D eigenvalue weighted by molar-refractivity contribution is 5.49. The van der Waals surface area contributed by atoms with Crippen LogP contribution in [0.1, 0.15) is 44.6 Å². The first-order chi connectivity index (χ1) is 11.8. The van der Waals surface area contributed by atoms with E-state index in [0.717, 1.165) is 30.8 Å². The summed E-state index contributed by atoms with van der Waals surface area (Å²) < 4.78 is 5.87. The first kappa shape index (κ1) is 18.1. The molecule has 0 aliphatic heterocycles. The van der Waals surface area contributed by atoms with Gasteiger partial charge >= 0.3 is 0 Å². The molecule has 0 amide bonds. The average Bonchev–Trinajstić information content (AvgIpc) is 2.62. The number of hydrogen-bond donors (Lipinski definition) is 2. The zero-order valence-electron chi connectivity index (χ0n) is 14.4. The van der Waals surface area contributed by atoms with Crippen LogP contribution < -0.4 is 10.1 Å². The molecule has 0 aliphatic carbocycles. The van der Waals surface area contributed by atoms with Gasteiger partial charge in [0, 0.05) is 25.3 Å². The summed E-state index contributed by atoms with van der Waals surface area (Å²) in [7, 11) is 0. The Labute approximate surface area is 143 Å². The monoisotopic (exact) mass is 330 g/mol. The maximum Gasteiger partial charge on any atom is 0.180 e. The van der Waals surface area contributed by atoms with Gasteiger partial charge in [-0.25, -0.2) is 9.97 Å². The molecule has 0 saturated carbocycles. The van der Waals surface area contributed by atoms with E-state index in [1.165, 1.54) is 0 Å². The quantitative estimate of drug-likeness (QED) is 0.697. The van der Waals surface area contributed by atoms with Crippen molar-refractivity contribution in [2.45, 2.75) is 52.2 Å². The largest absolute Gasteiger partial charge is 0.482 e. The third-order valence-electron chi connectivity index (χ3n) is 3.68. The molecule has 0 bridgehead atoms. The number of hydrogen-bond acceptors (Lipinski definition) is 6. The molecule has 6 nitrogen and oxygen atoms in total. The number of nitrogens with one attached hydrogen (secondary N) is 1. The number of aliphatic hydroxyl groups is 1. The zero-order valence-corrected chi connectivity index (χ0v) is 14.4. The van der Waals surface area contributed by atoms with E-state index in [1.54, 1.807) is 12.4 Å². The second kappa shape index (κ2) is 9.82. The van der Waals surface area contributed by atoms with Crippen LogP contribution in [0.3, 0.4) is 0 Å². The van der Waals surface area contributed by atoms with Gasteiger partial charge in [-0.3, -0.25) is 4.98 Å². The Morgan fingerprint density at radius 2 is 2.08 bits per heavy atom. The van der Waals surface area contributed by atoms with Gasteiger partial charge in [-0.15, -0.1) is 0 Å². The van der Waals surface area contributed by atoms with Crippen LogP contribution >= 0.6 is 0 Å². The topological polar surface area (TPSA) is 80.2 Å². The van der Waals surface area contributed by atoms with Gasteiger partial charge in [0.2, 0.25) is 0 Å². The SMILES string of the molecule is CCC[C@@H](CCO)Nc1nc(CC)ncc1OCc1ccccn1. The van der Waals surface area contributed by atoms with Crippen LogP contribution in [0.4, 0.5) is 5.82 Å². The van der Waals surface area contributed by atoms with Gasteiger partial charge in [0.1, 0.15) is 12.4 Å². The molecule has 0 aromatic carbocycles. The van der Waals surface area contributed by atoms with Crippen molar-refractivity contribution in [3.05, 3.63) is 42.1 Å². The predicted molar refractivity (Wildman–Crippen MR) is 94.0 cm³/mol. The van der Waals surface area contributed by atoms with Gasteiger partial charge in [-0.2, -0.15) is 0 Å². The predicted octanol–water partition coefficient (Wildman–Crippen LogP) is 2.98. The summed E-state index contributed by atoms with van der Waals surface area (Å²) in [4.78, 5) is 13.1. The smallest absolute Gasteiger partial charge is 0.180 e. The van der Waals surface area contributed by atoms with E-state index in [4.69, 9.17) is 4.74 Å². The molecule has 0 saturated heterocycles. The molecule has 0 aliphatic rings. The van der Waals surface area contributed by atoms with E-state index in [-0.39, 0.29) is 12.6 Å². The summed E-state index contributed by atoms with van der Waals surface area (Å²) in [5.74, 6) is 2.06. The third-order valence-corrected chi connectivity index (χ3v) is 3.68. The Kier molecular flexibility index (Phi) is 7.42. The molecule has 0 spiro atoms. The Hall–Kier alpha value is -2.21. The van der Waals surface area contributed by atoms with Crippen LogP contribution in [0.5, 0.6) is 5.75 Å². The molecular formula is C18H26N4O2. The molecule has 2 N–H and O–H groups in total. The van der Waals surface area contributed by atoms with Crippen LogP contribution in [0, 0.1) is 0 Å². The van der Waals surface area contributed by atoms with Crippen molar-refractivity contribution in [1.82, 2.24) is 15.0 Å². The van der Waals surface area contributed by atoms with Gasteiger partial charge in [0.05, 0.1) is 11.9 Å². The molecule has 1 atom stereocenters. The first-order valence-electron chi connectivity index (χ1n) is 8.52. The second-order valence-electron chi connectivity index (χ2n) is 5.60. The zero-order chi connectivity index (χ0) is 17.2. The number of nitrogens with zero attached hydrogens (tertiary/aromatic N) is 3. The normalized spacial score (nSPS) is 12.0.